The van der Waals surface area contributed by atoms with Crippen LogP contribution in [0.1, 0.15) is 16.7 Å². The van der Waals surface area contributed by atoms with Gasteiger partial charge in [-0.25, -0.2) is 8.78 Å². The van der Waals surface area contributed by atoms with Crippen LogP contribution in [0.2, 0.25) is 0 Å². The first-order valence-corrected chi connectivity index (χ1v) is 6.12. The van der Waals surface area contributed by atoms with Crippen LogP contribution in [-0.2, 0) is 6.42 Å². The summed E-state index contributed by atoms with van der Waals surface area (Å²) in [4.78, 5) is 0. The van der Waals surface area contributed by atoms with E-state index in [9.17, 15) is 8.78 Å². The van der Waals surface area contributed by atoms with Crippen molar-refractivity contribution in [2.24, 2.45) is 0 Å². The molecule has 2 rings (SSSR count). The second kappa shape index (κ2) is 5.19. The Balaban J connectivity index is 2.12. The molecule has 0 fully saturated rings. The van der Waals surface area contributed by atoms with Crippen molar-refractivity contribution in [2.45, 2.75) is 11.8 Å². The van der Waals surface area contributed by atoms with E-state index in [-0.39, 0.29) is 0 Å². The van der Waals surface area contributed by atoms with E-state index in [1.165, 1.54) is 6.07 Å². The average Bonchev–Trinajstić information content (AvgIpc) is 2.70. The van der Waals surface area contributed by atoms with Crippen molar-refractivity contribution in [1.29, 1.82) is 0 Å². The normalized spacial score (nSPS) is 12.7. The van der Waals surface area contributed by atoms with Crippen LogP contribution in [0.5, 0.6) is 0 Å². The largest absolute Gasteiger partial charge is 0.453 e. The molecule has 1 atom stereocenters. The molecule has 0 spiro atoms. The second-order valence-corrected chi connectivity index (χ2v) is 4.87. The van der Waals surface area contributed by atoms with Gasteiger partial charge in [-0.3, -0.25) is 0 Å². The predicted octanol–water partition coefficient (Wildman–Crippen LogP) is 4.84. The van der Waals surface area contributed by atoms with Crippen molar-refractivity contribution < 1.29 is 13.2 Å². The Bertz CT molecular complexity index is 527. The van der Waals surface area contributed by atoms with E-state index in [0.717, 1.165) is 12.1 Å². The maximum absolute atomic E-state index is 13.0. The summed E-state index contributed by atoms with van der Waals surface area (Å²) in [5, 5.41) is -0.411. The molecular weight excluding hydrogens is 313 g/mol. The lowest BCUT2D eigenvalue weighted by Crippen LogP contribution is -1.96. The van der Waals surface area contributed by atoms with E-state index in [1.807, 2.05) is 0 Å². The molecule has 2 aromatic rings. The lowest BCUT2D eigenvalue weighted by molar-refractivity contribution is 0.480. The topological polar surface area (TPSA) is 13.1 Å². The summed E-state index contributed by atoms with van der Waals surface area (Å²) >= 11 is 9.29. The van der Waals surface area contributed by atoms with Gasteiger partial charge >= 0.3 is 0 Å². The molecule has 1 nitrogen and oxygen atoms in total. The van der Waals surface area contributed by atoms with Crippen molar-refractivity contribution in [3.8, 4) is 0 Å². The zero-order chi connectivity index (χ0) is 12.4. The van der Waals surface area contributed by atoms with Gasteiger partial charge in [0.1, 0.15) is 5.76 Å². The smallest absolute Gasteiger partial charge is 0.169 e. The molecule has 0 aliphatic heterocycles. The maximum atomic E-state index is 13.0. The van der Waals surface area contributed by atoms with E-state index in [1.54, 1.807) is 12.1 Å². The fourth-order valence-corrected chi connectivity index (χ4v) is 2.09. The number of benzene rings is 1. The first-order valence-electron chi connectivity index (χ1n) is 4.89. The summed E-state index contributed by atoms with van der Waals surface area (Å²) in [5.41, 5.74) is 0.622. The van der Waals surface area contributed by atoms with Crippen LogP contribution in [0.4, 0.5) is 8.78 Å². The fourth-order valence-electron chi connectivity index (χ4n) is 1.47. The Morgan fingerprint density at radius 3 is 2.53 bits per heavy atom. The minimum absolute atomic E-state index is 0.374. The Kier molecular flexibility index (Phi) is 3.84. The van der Waals surface area contributed by atoms with Gasteiger partial charge < -0.3 is 4.42 Å². The number of rotatable bonds is 3. The van der Waals surface area contributed by atoms with Gasteiger partial charge in [0.05, 0.1) is 5.38 Å². The number of alkyl halides is 1. The van der Waals surface area contributed by atoms with Crippen LogP contribution in [0, 0.1) is 11.6 Å². The number of hydrogen-bond donors (Lipinski definition) is 0. The molecule has 0 N–H and O–H groups in total. The molecule has 1 aromatic carbocycles. The molecule has 1 unspecified atom stereocenters. The van der Waals surface area contributed by atoms with E-state index in [2.05, 4.69) is 15.9 Å². The quantitative estimate of drug-likeness (QED) is 0.737. The van der Waals surface area contributed by atoms with Crippen LogP contribution in [0.3, 0.4) is 0 Å². The van der Waals surface area contributed by atoms with E-state index in [4.69, 9.17) is 16.0 Å². The van der Waals surface area contributed by atoms with E-state index < -0.39 is 17.0 Å². The standard InChI is InChI=1S/C12H8BrClF2O/c13-12-4-3-11(17-12)8(14)5-7-1-2-9(15)10(16)6-7/h1-4,6,8H,5H2. The Labute approximate surface area is 111 Å². The van der Waals surface area contributed by atoms with Gasteiger partial charge in [-0.05, 0) is 52.2 Å². The summed E-state index contributed by atoms with van der Waals surface area (Å²) in [6, 6.07) is 7.21. The molecule has 0 saturated carbocycles. The van der Waals surface area contributed by atoms with Crippen LogP contribution >= 0.6 is 27.5 Å². The van der Waals surface area contributed by atoms with Crippen molar-refractivity contribution in [2.75, 3.05) is 0 Å². The molecular formula is C12H8BrClF2O. The predicted molar refractivity (Wildman–Crippen MR) is 65.1 cm³/mol. The molecule has 0 radical (unpaired) electrons. The zero-order valence-electron chi connectivity index (χ0n) is 8.59. The fraction of sp³-hybridized carbons (Fsp3) is 0.167. The third-order valence-corrected chi connectivity index (χ3v) is 3.10. The van der Waals surface area contributed by atoms with Gasteiger partial charge in [-0.1, -0.05) is 6.07 Å². The number of hydrogen-bond acceptors (Lipinski definition) is 1. The van der Waals surface area contributed by atoms with Gasteiger partial charge in [0.15, 0.2) is 16.3 Å². The van der Waals surface area contributed by atoms with Gasteiger partial charge in [-0.15, -0.1) is 11.6 Å². The molecule has 0 amide bonds. The van der Waals surface area contributed by atoms with Crippen LogP contribution < -0.4 is 0 Å². The molecule has 1 aromatic heterocycles. The summed E-state index contributed by atoms with van der Waals surface area (Å²) < 4.78 is 31.6. The van der Waals surface area contributed by atoms with E-state index >= 15 is 0 Å². The van der Waals surface area contributed by atoms with Gasteiger partial charge in [0.2, 0.25) is 0 Å². The second-order valence-electron chi connectivity index (χ2n) is 3.56. The zero-order valence-corrected chi connectivity index (χ0v) is 10.9. The summed E-state index contributed by atoms with van der Waals surface area (Å²) in [6.45, 7) is 0. The highest BCUT2D eigenvalue weighted by molar-refractivity contribution is 9.10. The molecule has 0 aliphatic rings. The minimum atomic E-state index is -0.869. The third kappa shape index (κ3) is 3.07. The first-order chi connectivity index (χ1) is 8.06. The highest BCUT2D eigenvalue weighted by Gasteiger charge is 2.14. The highest BCUT2D eigenvalue weighted by atomic mass is 79.9. The van der Waals surface area contributed by atoms with Crippen LogP contribution in [0.15, 0.2) is 39.4 Å². The minimum Gasteiger partial charge on any atom is -0.453 e. The maximum Gasteiger partial charge on any atom is 0.169 e. The lowest BCUT2D eigenvalue weighted by atomic mass is 10.1. The lowest BCUT2D eigenvalue weighted by Gasteiger charge is -2.06. The van der Waals surface area contributed by atoms with Crippen molar-refractivity contribution in [3.05, 3.63) is 58.0 Å². The SMILES string of the molecule is Fc1ccc(CC(Cl)c2ccc(Br)o2)cc1F. The Hall–Kier alpha value is -0.870. The highest BCUT2D eigenvalue weighted by Crippen LogP contribution is 2.28. The van der Waals surface area contributed by atoms with E-state index in [0.29, 0.717) is 22.4 Å². The molecule has 17 heavy (non-hydrogen) atoms. The van der Waals surface area contributed by atoms with Crippen molar-refractivity contribution in [1.82, 2.24) is 0 Å². The summed E-state index contributed by atoms with van der Waals surface area (Å²) in [5.74, 6) is -1.14. The van der Waals surface area contributed by atoms with Gasteiger partial charge in [0.25, 0.3) is 0 Å². The molecule has 1 heterocycles. The third-order valence-electron chi connectivity index (χ3n) is 2.30. The first kappa shape index (κ1) is 12.6. The summed E-state index contributed by atoms with van der Waals surface area (Å²) in [6.07, 6.45) is 0.374. The molecule has 0 bridgehead atoms. The average molecular weight is 322 g/mol. The summed E-state index contributed by atoms with van der Waals surface area (Å²) in [7, 11) is 0. The van der Waals surface area contributed by atoms with Gasteiger partial charge in [0, 0.05) is 0 Å². The van der Waals surface area contributed by atoms with Crippen molar-refractivity contribution >= 4 is 27.5 Å². The number of halogens is 4. The molecule has 5 heteroatoms. The molecule has 0 saturated heterocycles. The van der Waals surface area contributed by atoms with Crippen LogP contribution in [-0.4, -0.2) is 0 Å². The molecule has 90 valence electrons. The van der Waals surface area contributed by atoms with Gasteiger partial charge in [-0.2, -0.15) is 0 Å². The molecule has 0 aliphatic carbocycles. The Morgan fingerprint density at radius 2 is 1.94 bits per heavy atom. The number of furan rings is 1. The van der Waals surface area contributed by atoms with Crippen molar-refractivity contribution in [3.63, 3.8) is 0 Å². The monoisotopic (exact) mass is 320 g/mol. The Morgan fingerprint density at radius 1 is 1.18 bits per heavy atom. The van der Waals surface area contributed by atoms with Crippen LogP contribution in [0.25, 0.3) is 0 Å².